The van der Waals surface area contributed by atoms with Crippen LogP contribution in [0.3, 0.4) is 0 Å². The smallest absolute Gasteiger partial charge is 0.253 e. The number of benzene rings is 1. The summed E-state index contributed by atoms with van der Waals surface area (Å²) >= 11 is 0. The van der Waals surface area contributed by atoms with Gasteiger partial charge in [0.2, 0.25) is 5.88 Å². The average Bonchev–Trinajstić information content (AvgIpc) is 2.75. The minimum Gasteiger partial charge on any atom is -0.471 e. The van der Waals surface area contributed by atoms with Crippen LogP contribution in [0.4, 0.5) is 11.5 Å². The van der Waals surface area contributed by atoms with Crippen LogP contribution in [-0.4, -0.2) is 67.4 Å². The molecule has 0 bridgehead atoms. The van der Waals surface area contributed by atoms with Crippen molar-refractivity contribution in [2.75, 3.05) is 50.1 Å². The highest BCUT2D eigenvalue weighted by molar-refractivity contribution is 5.94. The van der Waals surface area contributed by atoms with Crippen LogP contribution in [-0.2, 0) is 0 Å². The Hall–Kier alpha value is -2.83. The van der Waals surface area contributed by atoms with Gasteiger partial charge in [0.15, 0.2) is 5.82 Å². The molecule has 2 aromatic rings. The molecule has 1 aliphatic heterocycles. The summed E-state index contributed by atoms with van der Waals surface area (Å²) in [5.41, 5.74) is 1.86. The van der Waals surface area contributed by atoms with Crippen LogP contribution in [0, 0.1) is 0 Å². The third kappa shape index (κ3) is 5.16. The van der Waals surface area contributed by atoms with E-state index in [4.69, 9.17) is 4.74 Å². The minimum atomic E-state index is -0.0675. The van der Waals surface area contributed by atoms with Crippen LogP contribution in [0.1, 0.15) is 37.0 Å². The second-order valence-electron chi connectivity index (χ2n) is 7.48. The van der Waals surface area contributed by atoms with Gasteiger partial charge in [-0.25, -0.2) is 0 Å². The molecule has 1 aliphatic rings. The number of likely N-dealkylation sites (tertiary alicyclic amines) is 1. The third-order valence-electron chi connectivity index (χ3n) is 5.28. The Balaban J connectivity index is 1.61. The lowest BCUT2D eigenvalue weighted by atomic mass is 10.1. The van der Waals surface area contributed by atoms with Crippen molar-refractivity contribution in [2.45, 2.75) is 32.8 Å². The first-order chi connectivity index (χ1) is 14.0. The van der Waals surface area contributed by atoms with E-state index in [9.17, 15) is 4.79 Å². The van der Waals surface area contributed by atoms with Gasteiger partial charge in [-0.2, -0.15) is 0 Å². The summed E-state index contributed by atoms with van der Waals surface area (Å²) in [6.07, 6.45) is 1.75. The molecule has 1 aromatic carbocycles. The third-order valence-corrected chi connectivity index (χ3v) is 5.28. The van der Waals surface area contributed by atoms with E-state index < -0.39 is 0 Å². The predicted molar refractivity (Wildman–Crippen MR) is 116 cm³/mol. The SMILES string of the molecule is CCN(CC)c1ccc(C(=O)N2CCCC(Oc3ccc(N(C)C)nn3)C2)cc1. The highest BCUT2D eigenvalue weighted by Crippen LogP contribution is 2.21. The number of hydrogen-bond acceptors (Lipinski definition) is 6. The molecule has 0 radical (unpaired) electrons. The maximum atomic E-state index is 13.0. The van der Waals surface area contributed by atoms with E-state index in [1.807, 2.05) is 60.3 Å². The van der Waals surface area contributed by atoms with Crippen LogP contribution in [0.15, 0.2) is 36.4 Å². The van der Waals surface area contributed by atoms with Crippen molar-refractivity contribution in [3.8, 4) is 5.88 Å². The fourth-order valence-corrected chi connectivity index (χ4v) is 3.59. The number of hydrogen-bond donors (Lipinski definition) is 0. The molecule has 7 nitrogen and oxygen atoms in total. The summed E-state index contributed by atoms with van der Waals surface area (Å²) in [5, 5.41) is 8.29. The average molecular weight is 398 g/mol. The van der Waals surface area contributed by atoms with Gasteiger partial charge in [0.05, 0.1) is 6.54 Å². The van der Waals surface area contributed by atoms with Crippen LogP contribution >= 0.6 is 0 Å². The molecule has 2 heterocycles. The lowest BCUT2D eigenvalue weighted by Crippen LogP contribution is -2.44. The van der Waals surface area contributed by atoms with Crippen molar-refractivity contribution < 1.29 is 9.53 Å². The summed E-state index contributed by atoms with van der Waals surface area (Å²) in [6, 6.07) is 11.6. The fraction of sp³-hybridized carbons (Fsp3) is 0.500. The van der Waals surface area contributed by atoms with Crippen molar-refractivity contribution in [1.29, 1.82) is 0 Å². The molecule has 1 unspecified atom stereocenters. The zero-order chi connectivity index (χ0) is 20.8. The van der Waals surface area contributed by atoms with Gasteiger partial charge in [-0.3, -0.25) is 4.79 Å². The minimum absolute atomic E-state index is 0.0541. The number of amides is 1. The van der Waals surface area contributed by atoms with E-state index in [1.165, 1.54) is 0 Å². The van der Waals surface area contributed by atoms with Crippen molar-refractivity contribution in [2.24, 2.45) is 0 Å². The largest absolute Gasteiger partial charge is 0.471 e. The Kier molecular flexibility index (Phi) is 6.90. The van der Waals surface area contributed by atoms with E-state index in [-0.39, 0.29) is 12.0 Å². The molecule has 3 rings (SSSR count). The standard InChI is InChI=1S/C22H31N5O2/c1-5-26(6-2)18-11-9-17(10-12-18)22(28)27-15-7-8-19(16-27)29-21-14-13-20(23-24-21)25(3)4/h9-14,19H,5-8,15-16H2,1-4H3. The topological polar surface area (TPSA) is 61.8 Å². The van der Waals surface area contributed by atoms with Gasteiger partial charge >= 0.3 is 0 Å². The highest BCUT2D eigenvalue weighted by Gasteiger charge is 2.26. The molecule has 0 N–H and O–H groups in total. The van der Waals surface area contributed by atoms with E-state index >= 15 is 0 Å². The van der Waals surface area contributed by atoms with Crippen LogP contribution in [0.25, 0.3) is 0 Å². The Bertz CT molecular complexity index is 788. The number of rotatable bonds is 7. The number of carbonyl (C=O) groups excluding carboxylic acids is 1. The number of carbonyl (C=O) groups is 1. The van der Waals surface area contributed by atoms with Gasteiger partial charge in [0.25, 0.3) is 5.91 Å². The molecule has 1 aromatic heterocycles. The quantitative estimate of drug-likeness (QED) is 0.716. The lowest BCUT2D eigenvalue weighted by molar-refractivity contribution is 0.0525. The van der Waals surface area contributed by atoms with Gasteiger partial charge in [-0.05, 0) is 57.0 Å². The summed E-state index contributed by atoms with van der Waals surface area (Å²) in [7, 11) is 3.84. The van der Waals surface area contributed by atoms with Gasteiger partial charge in [-0.1, -0.05) is 0 Å². The lowest BCUT2D eigenvalue weighted by Gasteiger charge is -2.32. The van der Waals surface area contributed by atoms with Gasteiger partial charge in [0, 0.05) is 51.0 Å². The molecule has 29 heavy (non-hydrogen) atoms. The molecule has 1 saturated heterocycles. The molecule has 156 valence electrons. The monoisotopic (exact) mass is 397 g/mol. The summed E-state index contributed by atoms with van der Waals surface area (Å²) in [6.45, 7) is 7.49. The molecule has 1 fully saturated rings. The Labute approximate surface area is 173 Å². The molecule has 1 atom stereocenters. The first-order valence-electron chi connectivity index (χ1n) is 10.3. The summed E-state index contributed by atoms with van der Waals surface area (Å²) in [4.78, 5) is 19.0. The maximum absolute atomic E-state index is 13.0. The molecular formula is C22H31N5O2. The maximum Gasteiger partial charge on any atom is 0.253 e. The molecule has 0 spiro atoms. The molecule has 0 aliphatic carbocycles. The van der Waals surface area contributed by atoms with E-state index in [2.05, 4.69) is 28.9 Å². The number of nitrogens with zero attached hydrogens (tertiary/aromatic N) is 5. The van der Waals surface area contributed by atoms with Crippen molar-refractivity contribution in [3.63, 3.8) is 0 Å². The van der Waals surface area contributed by atoms with Gasteiger partial charge in [0.1, 0.15) is 6.10 Å². The summed E-state index contributed by atoms with van der Waals surface area (Å²) in [5.74, 6) is 1.34. The zero-order valence-corrected chi connectivity index (χ0v) is 17.8. The van der Waals surface area contributed by atoms with Crippen molar-refractivity contribution >= 4 is 17.4 Å². The van der Waals surface area contributed by atoms with Gasteiger partial charge in [-0.15, -0.1) is 10.2 Å². The number of anilines is 2. The van der Waals surface area contributed by atoms with Crippen LogP contribution in [0.5, 0.6) is 5.88 Å². The fourth-order valence-electron chi connectivity index (χ4n) is 3.59. The van der Waals surface area contributed by atoms with Crippen LogP contribution < -0.4 is 14.5 Å². The second-order valence-corrected chi connectivity index (χ2v) is 7.48. The summed E-state index contributed by atoms with van der Waals surface area (Å²) < 4.78 is 5.99. The predicted octanol–water partition coefficient (Wildman–Crippen LogP) is 3.07. The number of aromatic nitrogens is 2. The zero-order valence-electron chi connectivity index (χ0n) is 17.8. The Morgan fingerprint density at radius 2 is 1.83 bits per heavy atom. The highest BCUT2D eigenvalue weighted by atomic mass is 16.5. The van der Waals surface area contributed by atoms with E-state index in [0.29, 0.717) is 12.4 Å². The Morgan fingerprint density at radius 1 is 1.10 bits per heavy atom. The van der Waals surface area contributed by atoms with E-state index in [1.54, 1.807) is 0 Å². The normalized spacial score (nSPS) is 16.4. The van der Waals surface area contributed by atoms with Gasteiger partial charge < -0.3 is 19.4 Å². The van der Waals surface area contributed by atoms with Crippen LogP contribution in [0.2, 0.25) is 0 Å². The number of ether oxygens (including phenoxy) is 1. The molecule has 7 heteroatoms. The molecular weight excluding hydrogens is 366 g/mol. The first kappa shape index (κ1) is 20.9. The second kappa shape index (κ2) is 9.58. The Morgan fingerprint density at radius 3 is 2.41 bits per heavy atom. The van der Waals surface area contributed by atoms with Crippen molar-refractivity contribution in [3.05, 3.63) is 42.0 Å². The first-order valence-corrected chi connectivity index (χ1v) is 10.3. The van der Waals surface area contributed by atoms with E-state index in [0.717, 1.165) is 49.5 Å². The molecule has 0 saturated carbocycles. The molecule has 1 amide bonds. The number of piperidine rings is 1. The van der Waals surface area contributed by atoms with Crippen molar-refractivity contribution in [1.82, 2.24) is 15.1 Å².